The molecule has 2 aromatic carbocycles. The fourth-order valence-electron chi connectivity index (χ4n) is 1.72. The normalized spacial score (nSPS) is 10.1. The van der Waals surface area contributed by atoms with Gasteiger partial charge in [0.25, 0.3) is 0 Å². The number of hydrogen-bond donors (Lipinski definition) is 2. The maximum atomic E-state index is 11.5. The lowest BCUT2D eigenvalue weighted by atomic mass is 10.1. The molecule has 0 aliphatic carbocycles. The van der Waals surface area contributed by atoms with E-state index in [9.17, 15) is 14.7 Å². The molecule has 21 heavy (non-hydrogen) atoms. The summed E-state index contributed by atoms with van der Waals surface area (Å²) in [5, 5.41) is 9.20. The summed E-state index contributed by atoms with van der Waals surface area (Å²) in [6, 6.07) is 11.8. The van der Waals surface area contributed by atoms with Crippen LogP contribution in [0.4, 0.5) is 5.69 Å². The monoisotopic (exact) mass is 303 g/mol. The van der Waals surface area contributed by atoms with Gasteiger partial charge in [0.15, 0.2) is 0 Å². The summed E-state index contributed by atoms with van der Waals surface area (Å²) in [6.07, 6.45) is 0. The maximum Gasteiger partial charge on any atom is 0.338 e. The lowest BCUT2D eigenvalue weighted by molar-refractivity contribution is 0.0582. The van der Waals surface area contributed by atoms with E-state index in [0.29, 0.717) is 10.6 Å². The van der Waals surface area contributed by atoms with Gasteiger partial charge in [-0.05, 0) is 42.5 Å². The van der Waals surface area contributed by atoms with Crippen molar-refractivity contribution in [2.75, 3.05) is 12.8 Å². The molecule has 0 fully saturated rings. The molecule has 5 nitrogen and oxygen atoms in total. The summed E-state index contributed by atoms with van der Waals surface area (Å²) in [7, 11) is 1.21. The van der Waals surface area contributed by atoms with Crippen LogP contribution in [0.25, 0.3) is 0 Å². The first-order valence-corrected chi connectivity index (χ1v) is 6.82. The van der Waals surface area contributed by atoms with Crippen molar-refractivity contribution in [3.8, 4) is 0 Å². The van der Waals surface area contributed by atoms with Gasteiger partial charge in [-0.2, -0.15) is 0 Å². The minimum atomic E-state index is -1.17. The van der Waals surface area contributed by atoms with Gasteiger partial charge in [-0.25, -0.2) is 9.59 Å². The van der Waals surface area contributed by atoms with Crippen molar-refractivity contribution in [3.63, 3.8) is 0 Å². The Morgan fingerprint density at radius 1 is 1.05 bits per heavy atom. The Hall–Kier alpha value is -2.47. The van der Waals surface area contributed by atoms with Crippen LogP contribution in [-0.2, 0) is 4.74 Å². The zero-order chi connectivity index (χ0) is 15.4. The molecule has 0 aliphatic rings. The van der Waals surface area contributed by atoms with Gasteiger partial charge in [0.1, 0.15) is 0 Å². The van der Waals surface area contributed by atoms with Crippen LogP contribution in [0.15, 0.2) is 52.3 Å². The second-order valence-electron chi connectivity index (χ2n) is 4.18. The van der Waals surface area contributed by atoms with E-state index in [1.165, 1.54) is 31.0 Å². The van der Waals surface area contributed by atoms with Crippen molar-refractivity contribution in [1.29, 1.82) is 0 Å². The van der Waals surface area contributed by atoms with E-state index in [1.807, 2.05) is 12.1 Å². The number of benzene rings is 2. The molecule has 3 N–H and O–H groups in total. The van der Waals surface area contributed by atoms with Crippen LogP contribution in [0.1, 0.15) is 20.7 Å². The molecule has 0 spiro atoms. The fourth-order valence-corrected chi connectivity index (χ4v) is 2.58. The Balaban J connectivity index is 2.33. The molecule has 0 aromatic heterocycles. The number of rotatable bonds is 4. The van der Waals surface area contributed by atoms with Gasteiger partial charge in [-0.1, -0.05) is 11.8 Å². The van der Waals surface area contributed by atoms with E-state index in [4.69, 9.17) is 5.73 Å². The highest BCUT2D eigenvalue weighted by Crippen LogP contribution is 2.30. The zero-order valence-corrected chi connectivity index (χ0v) is 12.0. The zero-order valence-electron chi connectivity index (χ0n) is 11.2. The van der Waals surface area contributed by atoms with Crippen molar-refractivity contribution in [2.45, 2.75) is 9.79 Å². The minimum absolute atomic E-state index is 0.0339. The highest BCUT2D eigenvalue weighted by atomic mass is 32.2. The second-order valence-corrected chi connectivity index (χ2v) is 5.32. The second kappa shape index (κ2) is 6.32. The van der Waals surface area contributed by atoms with Crippen molar-refractivity contribution >= 4 is 29.4 Å². The molecular formula is C15H13NO4S. The molecular weight excluding hydrogens is 290 g/mol. The predicted octanol–water partition coefficient (Wildman–Crippen LogP) is 2.90. The number of esters is 1. The molecule has 0 heterocycles. The van der Waals surface area contributed by atoms with Crippen LogP contribution >= 0.6 is 11.8 Å². The largest absolute Gasteiger partial charge is 0.478 e. The Morgan fingerprint density at radius 3 is 2.24 bits per heavy atom. The number of aromatic carboxylic acids is 1. The molecule has 0 radical (unpaired) electrons. The molecule has 0 amide bonds. The number of nitrogen functional groups attached to an aromatic ring is 1. The Bertz CT molecular complexity index is 683. The molecule has 108 valence electrons. The number of carboxylic acids is 1. The lowest BCUT2D eigenvalue weighted by Crippen LogP contribution is -2.10. The number of methoxy groups -OCH3 is 1. The highest BCUT2D eigenvalue weighted by Gasteiger charge is 2.17. The van der Waals surface area contributed by atoms with E-state index in [1.54, 1.807) is 18.2 Å². The van der Waals surface area contributed by atoms with E-state index >= 15 is 0 Å². The van der Waals surface area contributed by atoms with Crippen LogP contribution in [0, 0.1) is 0 Å². The quantitative estimate of drug-likeness (QED) is 0.667. The number of carbonyl (C=O) groups is 2. The third-order valence-electron chi connectivity index (χ3n) is 2.74. The van der Waals surface area contributed by atoms with Crippen molar-refractivity contribution in [3.05, 3.63) is 53.6 Å². The lowest BCUT2D eigenvalue weighted by Gasteiger charge is -2.07. The summed E-state index contributed by atoms with van der Waals surface area (Å²) in [4.78, 5) is 24.4. The van der Waals surface area contributed by atoms with E-state index in [0.717, 1.165) is 4.90 Å². The smallest absolute Gasteiger partial charge is 0.338 e. The van der Waals surface area contributed by atoms with Crippen LogP contribution < -0.4 is 5.73 Å². The molecule has 2 rings (SSSR count). The van der Waals surface area contributed by atoms with E-state index in [-0.39, 0.29) is 11.1 Å². The Labute approximate surface area is 125 Å². The SMILES string of the molecule is COC(=O)c1ccc(Sc2ccc(N)cc2)cc1C(=O)O. The van der Waals surface area contributed by atoms with Crippen molar-refractivity contribution in [1.82, 2.24) is 0 Å². The molecule has 0 atom stereocenters. The average molecular weight is 303 g/mol. The number of ether oxygens (including phenoxy) is 1. The molecule has 0 bridgehead atoms. The average Bonchev–Trinajstić information content (AvgIpc) is 2.48. The Morgan fingerprint density at radius 2 is 1.67 bits per heavy atom. The summed E-state index contributed by atoms with van der Waals surface area (Å²) in [5.74, 6) is -1.84. The minimum Gasteiger partial charge on any atom is -0.478 e. The summed E-state index contributed by atoms with van der Waals surface area (Å²) in [5.41, 5.74) is 6.23. The maximum absolute atomic E-state index is 11.5. The first-order chi connectivity index (χ1) is 10.0. The number of carbonyl (C=O) groups excluding carboxylic acids is 1. The van der Waals surface area contributed by atoms with Crippen molar-refractivity contribution in [2.24, 2.45) is 0 Å². The first-order valence-electron chi connectivity index (χ1n) is 6.00. The summed E-state index contributed by atoms with van der Waals surface area (Å²) >= 11 is 1.38. The van der Waals surface area contributed by atoms with Gasteiger partial charge in [-0.15, -0.1) is 0 Å². The van der Waals surface area contributed by atoms with Crippen LogP contribution in [0.3, 0.4) is 0 Å². The standard InChI is InChI=1S/C15H13NO4S/c1-20-15(19)12-7-6-11(8-13(12)14(17)18)21-10-4-2-9(16)3-5-10/h2-8H,16H2,1H3,(H,17,18). The van der Waals surface area contributed by atoms with Gasteiger partial charge < -0.3 is 15.6 Å². The van der Waals surface area contributed by atoms with E-state index < -0.39 is 11.9 Å². The van der Waals surface area contributed by atoms with Gasteiger partial charge in [0.05, 0.1) is 18.2 Å². The van der Waals surface area contributed by atoms with Gasteiger partial charge in [0.2, 0.25) is 0 Å². The van der Waals surface area contributed by atoms with Crippen LogP contribution in [0.5, 0.6) is 0 Å². The predicted molar refractivity (Wildman–Crippen MR) is 79.7 cm³/mol. The Kier molecular flexibility index (Phi) is 4.49. The fraction of sp³-hybridized carbons (Fsp3) is 0.0667. The molecule has 0 aliphatic heterocycles. The first kappa shape index (κ1) is 14.9. The van der Waals surface area contributed by atoms with Crippen LogP contribution in [-0.4, -0.2) is 24.2 Å². The topological polar surface area (TPSA) is 89.6 Å². The molecule has 6 heteroatoms. The van der Waals surface area contributed by atoms with Crippen molar-refractivity contribution < 1.29 is 19.4 Å². The number of nitrogens with two attached hydrogens (primary N) is 1. The molecule has 2 aromatic rings. The third-order valence-corrected chi connectivity index (χ3v) is 3.74. The van der Waals surface area contributed by atoms with Gasteiger partial charge >= 0.3 is 11.9 Å². The summed E-state index contributed by atoms with van der Waals surface area (Å²) in [6.45, 7) is 0. The highest BCUT2D eigenvalue weighted by molar-refractivity contribution is 7.99. The molecule has 0 saturated carbocycles. The number of carboxylic acid groups (broad SMARTS) is 1. The van der Waals surface area contributed by atoms with Gasteiger partial charge in [-0.3, -0.25) is 0 Å². The van der Waals surface area contributed by atoms with Crippen LogP contribution in [0.2, 0.25) is 0 Å². The van der Waals surface area contributed by atoms with E-state index in [2.05, 4.69) is 4.74 Å². The third kappa shape index (κ3) is 3.55. The number of anilines is 1. The number of hydrogen-bond acceptors (Lipinski definition) is 5. The summed E-state index contributed by atoms with van der Waals surface area (Å²) < 4.78 is 4.58. The van der Waals surface area contributed by atoms with Gasteiger partial charge in [0, 0.05) is 15.5 Å². The molecule has 0 unspecified atom stereocenters. The molecule has 0 saturated heterocycles.